The third-order valence-corrected chi connectivity index (χ3v) is 11.9. The van der Waals surface area contributed by atoms with E-state index in [0.29, 0.717) is 19.3 Å². The van der Waals surface area contributed by atoms with E-state index in [9.17, 15) is 19.5 Å². The Morgan fingerprint density at radius 2 is 0.833 bits per heavy atom. The van der Waals surface area contributed by atoms with Crippen LogP contribution < -0.4 is 0 Å². The highest BCUT2D eigenvalue weighted by atomic mass is 16.6. The van der Waals surface area contributed by atoms with Gasteiger partial charge < -0.3 is 23.8 Å². The summed E-state index contributed by atoms with van der Waals surface area (Å²) in [7, 11) is 5.54. The Labute approximate surface area is 371 Å². The molecule has 354 valence electrons. The fourth-order valence-electron chi connectivity index (χ4n) is 7.91. The first-order valence-corrected chi connectivity index (χ1v) is 25.7. The molecule has 0 aliphatic rings. The standard InChI is InChI=1S/C52H99NO7/c1-6-8-10-12-14-16-18-20-22-23-24-25-26-27-29-31-33-35-37-39-41-43-51(55)60-48(46-58-45-44-49(52(56)57)53(3,4)5)47-59-50(54)42-40-38-36-34-32-30-28-21-19-17-15-13-11-9-7-2/h17,19,48-49H,6-16,18,20-47H2,1-5H3/p+1/b19-17+. The molecule has 0 aromatic carbocycles. The molecule has 2 atom stereocenters. The zero-order chi connectivity index (χ0) is 44.2. The van der Waals surface area contributed by atoms with Gasteiger partial charge in [-0.15, -0.1) is 0 Å². The molecule has 60 heavy (non-hydrogen) atoms. The van der Waals surface area contributed by atoms with Crippen LogP contribution in [0.15, 0.2) is 12.2 Å². The number of carbonyl (C=O) groups excluding carboxylic acids is 2. The molecule has 0 aliphatic carbocycles. The van der Waals surface area contributed by atoms with E-state index in [0.717, 1.165) is 38.5 Å². The number of esters is 2. The van der Waals surface area contributed by atoms with E-state index < -0.39 is 18.1 Å². The summed E-state index contributed by atoms with van der Waals surface area (Å²) in [6.45, 7) is 4.77. The molecule has 2 unspecified atom stereocenters. The summed E-state index contributed by atoms with van der Waals surface area (Å²) in [6, 6.07) is -0.611. The number of nitrogens with zero attached hydrogens (tertiary/aromatic N) is 1. The summed E-state index contributed by atoms with van der Waals surface area (Å²) in [6.07, 6.45) is 48.3. The molecule has 0 bridgehead atoms. The number of allylic oxidation sites excluding steroid dienone is 2. The summed E-state index contributed by atoms with van der Waals surface area (Å²) in [5.41, 5.74) is 0. The summed E-state index contributed by atoms with van der Waals surface area (Å²) in [5, 5.41) is 9.65. The quantitative estimate of drug-likeness (QED) is 0.0282. The van der Waals surface area contributed by atoms with Crippen molar-refractivity contribution in [3.05, 3.63) is 12.2 Å². The van der Waals surface area contributed by atoms with Crippen molar-refractivity contribution in [3.8, 4) is 0 Å². The van der Waals surface area contributed by atoms with E-state index in [1.807, 2.05) is 21.1 Å². The van der Waals surface area contributed by atoms with E-state index in [-0.39, 0.29) is 36.2 Å². The molecule has 0 heterocycles. The first-order valence-electron chi connectivity index (χ1n) is 25.7. The molecule has 8 heteroatoms. The van der Waals surface area contributed by atoms with Gasteiger partial charge in [-0.3, -0.25) is 9.59 Å². The number of hydrogen-bond donors (Lipinski definition) is 1. The maximum absolute atomic E-state index is 12.8. The van der Waals surface area contributed by atoms with Crippen LogP contribution in [0.2, 0.25) is 0 Å². The van der Waals surface area contributed by atoms with E-state index in [1.54, 1.807) is 0 Å². The Morgan fingerprint density at radius 3 is 1.22 bits per heavy atom. The third-order valence-electron chi connectivity index (χ3n) is 11.9. The largest absolute Gasteiger partial charge is 0.477 e. The number of unbranched alkanes of at least 4 members (excludes halogenated alkanes) is 31. The Balaban J connectivity index is 4.19. The lowest BCUT2D eigenvalue weighted by Crippen LogP contribution is -2.50. The SMILES string of the molecule is CCCCCC/C=C/CCCCCCCCCC(=O)OCC(COCCC(C(=O)O)[N+](C)(C)C)OC(=O)CCCCCCCCCCCCCCCCCCCCCCC. The Bertz CT molecular complexity index is 993. The zero-order valence-corrected chi connectivity index (χ0v) is 40.4. The van der Waals surface area contributed by atoms with Crippen LogP contribution in [0.1, 0.15) is 251 Å². The van der Waals surface area contributed by atoms with Crippen molar-refractivity contribution in [3.63, 3.8) is 0 Å². The van der Waals surface area contributed by atoms with Crippen LogP contribution in [0.25, 0.3) is 0 Å². The summed E-state index contributed by atoms with van der Waals surface area (Å²) in [5.74, 6) is -1.45. The van der Waals surface area contributed by atoms with Crippen molar-refractivity contribution in [2.24, 2.45) is 0 Å². The van der Waals surface area contributed by atoms with Crippen LogP contribution in [0.4, 0.5) is 0 Å². The van der Waals surface area contributed by atoms with Gasteiger partial charge in [-0.25, -0.2) is 4.79 Å². The second-order valence-corrected chi connectivity index (χ2v) is 18.8. The molecule has 0 aliphatic heterocycles. The molecule has 0 fully saturated rings. The molecule has 0 saturated heterocycles. The molecule has 0 saturated carbocycles. The second-order valence-electron chi connectivity index (χ2n) is 18.8. The minimum absolute atomic E-state index is 0.0469. The fourth-order valence-corrected chi connectivity index (χ4v) is 7.91. The highest BCUT2D eigenvalue weighted by molar-refractivity contribution is 5.72. The minimum Gasteiger partial charge on any atom is -0.477 e. The summed E-state index contributed by atoms with van der Waals surface area (Å²) < 4.78 is 17.4. The summed E-state index contributed by atoms with van der Waals surface area (Å²) in [4.78, 5) is 37.1. The van der Waals surface area contributed by atoms with Gasteiger partial charge >= 0.3 is 17.9 Å². The van der Waals surface area contributed by atoms with Gasteiger partial charge in [0.05, 0.1) is 34.4 Å². The molecule has 8 nitrogen and oxygen atoms in total. The molecule has 0 aromatic rings. The van der Waals surface area contributed by atoms with E-state index >= 15 is 0 Å². The average molecular weight is 851 g/mol. The second kappa shape index (κ2) is 43.7. The van der Waals surface area contributed by atoms with Crippen LogP contribution in [-0.2, 0) is 28.6 Å². The van der Waals surface area contributed by atoms with Crippen LogP contribution >= 0.6 is 0 Å². The van der Waals surface area contributed by atoms with E-state index in [2.05, 4.69) is 26.0 Å². The molecule has 0 aromatic heterocycles. The third kappa shape index (κ3) is 41.4. The molecule has 0 radical (unpaired) electrons. The number of hydrogen-bond acceptors (Lipinski definition) is 6. The Morgan fingerprint density at radius 1 is 0.483 bits per heavy atom. The van der Waals surface area contributed by atoms with Gasteiger partial charge in [-0.2, -0.15) is 0 Å². The van der Waals surface area contributed by atoms with E-state index in [4.69, 9.17) is 14.2 Å². The monoisotopic (exact) mass is 851 g/mol. The fraction of sp³-hybridized carbons (Fsp3) is 0.904. The maximum atomic E-state index is 12.8. The predicted molar refractivity (Wildman–Crippen MR) is 252 cm³/mol. The van der Waals surface area contributed by atoms with Crippen LogP contribution in [0.5, 0.6) is 0 Å². The van der Waals surface area contributed by atoms with Crippen molar-refractivity contribution in [1.82, 2.24) is 0 Å². The van der Waals surface area contributed by atoms with Gasteiger partial charge in [-0.05, 0) is 38.5 Å². The van der Waals surface area contributed by atoms with Gasteiger partial charge in [0.2, 0.25) is 0 Å². The summed E-state index contributed by atoms with van der Waals surface area (Å²) >= 11 is 0. The number of quaternary nitrogens is 1. The van der Waals surface area contributed by atoms with Crippen LogP contribution in [0.3, 0.4) is 0 Å². The highest BCUT2D eigenvalue weighted by Gasteiger charge is 2.31. The van der Waals surface area contributed by atoms with Crippen LogP contribution in [-0.4, -0.2) is 80.6 Å². The lowest BCUT2D eigenvalue weighted by molar-refractivity contribution is -0.887. The number of carboxylic acids is 1. The molecular weight excluding hydrogens is 751 g/mol. The number of carboxylic acid groups (broad SMARTS) is 1. The van der Waals surface area contributed by atoms with Crippen molar-refractivity contribution in [1.29, 1.82) is 0 Å². The van der Waals surface area contributed by atoms with E-state index in [1.165, 1.54) is 180 Å². The number of rotatable bonds is 47. The van der Waals surface area contributed by atoms with Crippen molar-refractivity contribution in [2.75, 3.05) is 41.0 Å². The van der Waals surface area contributed by atoms with Gasteiger partial charge in [0.25, 0.3) is 0 Å². The van der Waals surface area contributed by atoms with Gasteiger partial charge in [0.1, 0.15) is 6.61 Å². The normalized spacial score (nSPS) is 12.9. The van der Waals surface area contributed by atoms with Crippen LogP contribution in [0, 0.1) is 0 Å². The molecule has 1 N–H and O–H groups in total. The predicted octanol–water partition coefficient (Wildman–Crippen LogP) is 14.6. The van der Waals surface area contributed by atoms with Gasteiger partial charge in [0, 0.05) is 19.3 Å². The number of carbonyl (C=O) groups is 3. The molecular formula is C52H100NO7+. The lowest BCUT2D eigenvalue weighted by atomic mass is 10.0. The van der Waals surface area contributed by atoms with Crippen molar-refractivity contribution >= 4 is 17.9 Å². The van der Waals surface area contributed by atoms with Gasteiger partial charge in [-0.1, -0.05) is 206 Å². The smallest absolute Gasteiger partial charge is 0.362 e. The minimum atomic E-state index is -0.871. The van der Waals surface area contributed by atoms with Crippen molar-refractivity contribution in [2.45, 2.75) is 264 Å². The molecule has 0 rings (SSSR count). The van der Waals surface area contributed by atoms with Gasteiger partial charge in [0.15, 0.2) is 12.1 Å². The number of likely N-dealkylation sites (N-methyl/N-ethyl adjacent to an activating group) is 1. The lowest BCUT2D eigenvalue weighted by Gasteiger charge is -2.31. The highest BCUT2D eigenvalue weighted by Crippen LogP contribution is 2.17. The average Bonchev–Trinajstić information content (AvgIpc) is 3.21. The number of aliphatic carboxylic acids is 1. The first-order chi connectivity index (χ1) is 29.1. The topological polar surface area (TPSA) is 99.1 Å². The molecule has 0 amide bonds. The Kier molecular flexibility index (Phi) is 42.3. The van der Waals surface area contributed by atoms with Crippen molar-refractivity contribution < 1.29 is 38.2 Å². The molecule has 0 spiro atoms. The zero-order valence-electron chi connectivity index (χ0n) is 40.4. The maximum Gasteiger partial charge on any atom is 0.362 e. The number of ether oxygens (including phenoxy) is 3. The first kappa shape index (κ1) is 58.1. The Hall–Kier alpha value is -1.93.